The third-order valence-corrected chi connectivity index (χ3v) is 8.10. The molecule has 7 nitrogen and oxygen atoms in total. The number of nitrogens with zero attached hydrogens (tertiary/aromatic N) is 2. The highest BCUT2D eigenvalue weighted by molar-refractivity contribution is 7.92. The monoisotopic (exact) mass is 583 g/mol. The van der Waals surface area contributed by atoms with E-state index in [1.807, 2.05) is 64.1 Å². The maximum Gasteiger partial charge on any atom is 0.244 e. The Labute approximate surface area is 243 Å². The average molecular weight is 584 g/mol. The number of rotatable bonds is 12. The molecule has 0 saturated carbocycles. The van der Waals surface area contributed by atoms with E-state index in [2.05, 4.69) is 5.32 Å². The van der Waals surface area contributed by atoms with Crippen LogP contribution in [0.5, 0.6) is 0 Å². The van der Waals surface area contributed by atoms with Crippen LogP contribution in [0, 0.1) is 13.8 Å². The largest absolute Gasteiger partial charge is 0.352 e. The van der Waals surface area contributed by atoms with Crippen molar-refractivity contribution in [2.75, 3.05) is 17.1 Å². The van der Waals surface area contributed by atoms with Crippen molar-refractivity contribution in [1.82, 2.24) is 10.2 Å². The van der Waals surface area contributed by atoms with Gasteiger partial charge in [-0.05, 0) is 73.7 Å². The lowest BCUT2D eigenvalue weighted by atomic mass is 10.0. The van der Waals surface area contributed by atoms with Crippen molar-refractivity contribution in [3.8, 4) is 0 Å². The van der Waals surface area contributed by atoms with Crippen LogP contribution in [0.15, 0.2) is 72.8 Å². The van der Waals surface area contributed by atoms with Crippen LogP contribution >= 0.6 is 11.6 Å². The number of anilines is 1. The second-order valence-electron chi connectivity index (χ2n) is 10.3. The average Bonchev–Trinajstić information content (AvgIpc) is 2.89. The van der Waals surface area contributed by atoms with Crippen LogP contribution in [0.2, 0.25) is 5.02 Å². The third kappa shape index (κ3) is 8.83. The number of aryl methyl sites for hydroxylation is 2. The number of nitrogens with one attached hydrogen (secondary N) is 1. The summed E-state index contributed by atoms with van der Waals surface area (Å²) in [5.74, 6) is -0.780. The molecule has 2 amide bonds. The summed E-state index contributed by atoms with van der Waals surface area (Å²) in [4.78, 5) is 29.3. The van der Waals surface area contributed by atoms with Gasteiger partial charge in [-0.25, -0.2) is 8.42 Å². The van der Waals surface area contributed by atoms with Gasteiger partial charge >= 0.3 is 0 Å². The van der Waals surface area contributed by atoms with Gasteiger partial charge < -0.3 is 10.2 Å². The van der Waals surface area contributed by atoms with Gasteiger partial charge in [-0.1, -0.05) is 67.1 Å². The molecule has 0 bridgehead atoms. The molecule has 0 spiro atoms. The third-order valence-electron chi connectivity index (χ3n) is 6.71. The second-order valence-corrected chi connectivity index (χ2v) is 12.6. The zero-order valence-corrected chi connectivity index (χ0v) is 25.3. The van der Waals surface area contributed by atoms with Crippen molar-refractivity contribution in [1.29, 1.82) is 0 Å². The molecule has 40 heavy (non-hydrogen) atoms. The fraction of sp³-hybridized carbons (Fsp3) is 0.355. The quantitative estimate of drug-likeness (QED) is 0.314. The Morgan fingerprint density at radius 2 is 1.52 bits per heavy atom. The van der Waals surface area contributed by atoms with Gasteiger partial charge in [0.1, 0.15) is 12.6 Å². The van der Waals surface area contributed by atoms with Crippen molar-refractivity contribution >= 4 is 39.1 Å². The Balaban J connectivity index is 2.07. The van der Waals surface area contributed by atoms with Crippen molar-refractivity contribution < 1.29 is 18.0 Å². The lowest BCUT2D eigenvalue weighted by Gasteiger charge is -2.34. The van der Waals surface area contributed by atoms with Crippen LogP contribution in [-0.2, 0) is 32.6 Å². The molecule has 0 aliphatic rings. The van der Waals surface area contributed by atoms with Gasteiger partial charge in [-0.15, -0.1) is 0 Å². The maximum atomic E-state index is 14.1. The van der Waals surface area contributed by atoms with E-state index < -0.39 is 28.5 Å². The van der Waals surface area contributed by atoms with Gasteiger partial charge in [0.15, 0.2) is 0 Å². The molecular formula is C31H38ClN3O4S. The van der Waals surface area contributed by atoms with Gasteiger partial charge in [-0.3, -0.25) is 13.9 Å². The zero-order valence-electron chi connectivity index (χ0n) is 23.7. The van der Waals surface area contributed by atoms with Crippen LogP contribution in [0.4, 0.5) is 5.69 Å². The first kappa shape index (κ1) is 31.2. The summed E-state index contributed by atoms with van der Waals surface area (Å²) in [6.07, 6.45) is 2.08. The van der Waals surface area contributed by atoms with E-state index in [1.54, 1.807) is 36.4 Å². The summed E-state index contributed by atoms with van der Waals surface area (Å²) in [6.45, 7) is 7.29. The number of amides is 2. The molecule has 0 aliphatic carbocycles. The van der Waals surface area contributed by atoms with Crippen LogP contribution in [-0.4, -0.2) is 50.0 Å². The fourth-order valence-electron chi connectivity index (χ4n) is 4.49. The molecule has 3 aromatic carbocycles. The Morgan fingerprint density at radius 3 is 2.08 bits per heavy atom. The standard InChI is InChI=1S/C31H38ClN3O4S/c1-6-24(4)33-31(37)29(19-25-10-8-7-9-11-25)34(20-26-12-14-27(32)15-13-26)30(36)21-35(40(5,38)39)28-17-22(2)16-23(3)18-28/h7-18,24,29H,6,19-21H2,1-5H3,(H,33,37)/t24-,29-/m0/s1. The lowest BCUT2D eigenvalue weighted by molar-refractivity contribution is -0.140. The highest BCUT2D eigenvalue weighted by atomic mass is 35.5. The number of carbonyl (C=O) groups excluding carboxylic acids is 2. The smallest absolute Gasteiger partial charge is 0.244 e. The van der Waals surface area contributed by atoms with E-state index in [0.29, 0.717) is 10.7 Å². The zero-order chi connectivity index (χ0) is 29.4. The van der Waals surface area contributed by atoms with E-state index in [-0.39, 0.29) is 24.9 Å². The summed E-state index contributed by atoms with van der Waals surface area (Å²) in [5, 5.41) is 3.58. The first-order valence-electron chi connectivity index (χ1n) is 13.3. The lowest BCUT2D eigenvalue weighted by Crippen LogP contribution is -2.54. The van der Waals surface area contributed by atoms with Crippen LogP contribution in [0.3, 0.4) is 0 Å². The topological polar surface area (TPSA) is 86.8 Å². The first-order valence-corrected chi connectivity index (χ1v) is 15.5. The molecule has 2 atom stereocenters. The van der Waals surface area contributed by atoms with E-state index in [4.69, 9.17) is 11.6 Å². The first-order chi connectivity index (χ1) is 18.9. The number of sulfonamides is 1. The number of carbonyl (C=O) groups is 2. The molecule has 0 aromatic heterocycles. The molecule has 0 heterocycles. The normalized spacial score (nSPS) is 12.8. The number of hydrogen-bond acceptors (Lipinski definition) is 4. The molecule has 3 rings (SSSR count). The van der Waals surface area contributed by atoms with Crippen LogP contribution in [0.25, 0.3) is 0 Å². The molecule has 0 fully saturated rings. The molecule has 0 unspecified atom stereocenters. The van der Waals surface area contributed by atoms with Crippen molar-refractivity contribution in [2.45, 2.75) is 59.2 Å². The van der Waals surface area contributed by atoms with Gasteiger partial charge in [0.25, 0.3) is 0 Å². The summed E-state index contributed by atoms with van der Waals surface area (Å²) in [5.41, 5.74) is 3.82. The van der Waals surface area contributed by atoms with E-state index in [1.165, 1.54) is 4.90 Å². The highest BCUT2D eigenvalue weighted by Gasteiger charge is 2.33. The highest BCUT2D eigenvalue weighted by Crippen LogP contribution is 2.23. The predicted molar refractivity (Wildman–Crippen MR) is 162 cm³/mol. The summed E-state index contributed by atoms with van der Waals surface area (Å²) in [7, 11) is -3.82. The van der Waals surface area contributed by atoms with Gasteiger partial charge in [0.2, 0.25) is 21.8 Å². The minimum atomic E-state index is -3.82. The van der Waals surface area contributed by atoms with Gasteiger partial charge in [-0.2, -0.15) is 0 Å². The minimum absolute atomic E-state index is 0.0963. The molecule has 0 aliphatic heterocycles. The fourth-order valence-corrected chi connectivity index (χ4v) is 5.45. The number of halogens is 1. The van der Waals surface area contributed by atoms with Gasteiger partial charge in [0, 0.05) is 24.0 Å². The van der Waals surface area contributed by atoms with E-state index >= 15 is 0 Å². The summed E-state index contributed by atoms with van der Waals surface area (Å²) >= 11 is 6.10. The maximum absolute atomic E-state index is 14.1. The Bertz CT molecular complexity index is 1390. The molecular weight excluding hydrogens is 546 g/mol. The molecule has 0 saturated heterocycles. The van der Waals surface area contributed by atoms with E-state index in [0.717, 1.165) is 39.2 Å². The SMILES string of the molecule is CC[C@H](C)NC(=O)[C@H](Cc1ccccc1)N(Cc1ccc(Cl)cc1)C(=O)CN(c1cc(C)cc(C)c1)S(C)(=O)=O. The summed E-state index contributed by atoms with van der Waals surface area (Å²) < 4.78 is 27.0. The molecule has 0 radical (unpaired) electrons. The minimum Gasteiger partial charge on any atom is -0.352 e. The Morgan fingerprint density at radius 1 is 0.925 bits per heavy atom. The predicted octanol–water partition coefficient (Wildman–Crippen LogP) is 5.28. The molecule has 214 valence electrons. The number of hydrogen-bond donors (Lipinski definition) is 1. The molecule has 1 N–H and O–H groups in total. The second kappa shape index (κ2) is 13.8. The van der Waals surface area contributed by atoms with Crippen molar-refractivity contribution in [2.24, 2.45) is 0 Å². The Kier molecular flexibility index (Phi) is 10.8. The van der Waals surface area contributed by atoms with Crippen molar-refractivity contribution in [3.63, 3.8) is 0 Å². The Hall–Kier alpha value is -3.36. The van der Waals surface area contributed by atoms with Gasteiger partial charge in [0.05, 0.1) is 11.9 Å². The van der Waals surface area contributed by atoms with Crippen LogP contribution < -0.4 is 9.62 Å². The molecule has 9 heteroatoms. The van der Waals surface area contributed by atoms with Crippen molar-refractivity contribution in [3.05, 3.63) is 100 Å². The van der Waals surface area contributed by atoms with E-state index in [9.17, 15) is 18.0 Å². The van der Waals surface area contributed by atoms with Crippen LogP contribution in [0.1, 0.15) is 42.5 Å². The number of benzene rings is 3. The molecule has 3 aromatic rings. The summed E-state index contributed by atoms with van der Waals surface area (Å²) in [6, 6.07) is 21.0.